The second kappa shape index (κ2) is 9.07. The fourth-order valence-corrected chi connectivity index (χ4v) is 2.72. The van der Waals surface area contributed by atoms with E-state index in [-0.39, 0.29) is 34.5 Å². The number of hydrogen-bond acceptors (Lipinski definition) is 6. The maximum Gasteiger partial charge on any atom is 1.00 e. The Morgan fingerprint density at radius 1 is 0.654 bits per heavy atom. The van der Waals surface area contributed by atoms with Crippen LogP contribution >= 0.6 is 0 Å². The molecule has 128 valence electrons. The number of hydrazine groups is 1. The molecule has 0 aliphatic carbocycles. The smallest absolute Gasteiger partial charge is 0.744 e. The normalized spacial score (nSPS) is 10.5. The van der Waals surface area contributed by atoms with E-state index in [1.807, 2.05) is 54.6 Å². The van der Waals surface area contributed by atoms with E-state index in [0.717, 1.165) is 17.1 Å². The Morgan fingerprint density at radius 2 is 1.19 bits per heavy atom. The largest absolute Gasteiger partial charge is 1.00 e. The first kappa shape index (κ1) is 20.3. The standard InChI is InChI=1S/C18H17N3O3S.Na/c22-25(23,24)18-8-4-7-17(13-18)21-20-16-11-9-15(10-12-16)19-14-5-2-1-3-6-14;/h1-13,19-21H,(H,22,23,24);/q;+1/p-1. The van der Waals surface area contributed by atoms with Crippen molar-refractivity contribution in [3.05, 3.63) is 78.9 Å². The summed E-state index contributed by atoms with van der Waals surface area (Å²) in [4.78, 5) is -0.276. The molecule has 8 heteroatoms. The molecule has 0 spiro atoms. The van der Waals surface area contributed by atoms with Gasteiger partial charge in [-0.15, -0.1) is 0 Å². The average molecular weight is 377 g/mol. The maximum absolute atomic E-state index is 11.0. The van der Waals surface area contributed by atoms with E-state index in [4.69, 9.17) is 0 Å². The van der Waals surface area contributed by atoms with Crippen molar-refractivity contribution < 1.29 is 42.5 Å². The van der Waals surface area contributed by atoms with Crippen LogP contribution in [0.25, 0.3) is 0 Å². The molecule has 26 heavy (non-hydrogen) atoms. The molecule has 0 unspecified atom stereocenters. The molecule has 6 nitrogen and oxygen atoms in total. The van der Waals surface area contributed by atoms with Gasteiger partial charge in [-0.25, -0.2) is 8.42 Å². The van der Waals surface area contributed by atoms with Crippen LogP contribution in [0.3, 0.4) is 0 Å². The van der Waals surface area contributed by atoms with E-state index in [1.165, 1.54) is 18.2 Å². The Bertz CT molecular complexity index is 949. The molecule has 0 bridgehead atoms. The molecule has 0 aromatic heterocycles. The van der Waals surface area contributed by atoms with Crippen LogP contribution in [0.15, 0.2) is 83.8 Å². The summed E-state index contributed by atoms with van der Waals surface area (Å²) in [7, 11) is -4.47. The summed E-state index contributed by atoms with van der Waals surface area (Å²) >= 11 is 0. The van der Waals surface area contributed by atoms with Crippen LogP contribution in [0.5, 0.6) is 0 Å². The number of para-hydroxylation sites is 1. The third kappa shape index (κ3) is 5.76. The summed E-state index contributed by atoms with van der Waals surface area (Å²) < 4.78 is 33.1. The van der Waals surface area contributed by atoms with E-state index in [2.05, 4.69) is 16.2 Å². The minimum atomic E-state index is -4.47. The molecular formula is C18H16N3NaO3S. The molecule has 0 atom stereocenters. The third-order valence-corrected chi connectivity index (χ3v) is 4.25. The fraction of sp³-hybridized carbons (Fsp3) is 0. The van der Waals surface area contributed by atoms with Crippen molar-refractivity contribution in [2.45, 2.75) is 4.90 Å². The van der Waals surface area contributed by atoms with Gasteiger partial charge in [0.05, 0.1) is 16.3 Å². The molecule has 3 aromatic carbocycles. The van der Waals surface area contributed by atoms with Gasteiger partial charge in [0, 0.05) is 11.4 Å². The van der Waals surface area contributed by atoms with E-state index >= 15 is 0 Å². The zero-order valence-electron chi connectivity index (χ0n) is 14.1. The molecule has 0 heterocycles. The summed E-state index contributed by atoms with van der Waals surface area (Å²) in [5.41, 5.74) is 9.02. The van der Waals surface area contributed by atoms with Crippen LogP contribution in [0, 0.1) is 0 Å². The summed E-state index contributed by atoms with van der Waals surface area (Å²) in [6.45, 7) is 0. The van der Waals surface area contributed by atoms with Crippen LogP contribution in [0.2, 0.25) is 0 Å². The Labute approximate surface area is 174 Å². The molecule has 3 N–H and O–H groups in total. The Balaban J connectivity index is 0.00000243. The van der Waals surface area contributed by atoms with Crippen molar-refractivity contribution in [2.75, 3.05) is 16.2 Å². The van der Waals surface area contributed by atoms with Crippen LogP contribution < -0.4 is 45.7 Å². The van der Waals surface area contributed by atoms with Gasteiger partial charge in [-0.2, -0.15) is 0 Å². The molecular weight excluding hydrogens is 361 g/mol. The van der Waals surface area contributed by atoms with E-state index in [9.17, 15) is 13.0 Å². The Hall–Kier alpha value is -2.03. The molecule has 0 radical (unpaired) electrons. The molecule has 3 rings (SSSR count). The van der Waals surface area contributed by atoms with Gasteiger partial charge in [0.15, 0.2) is 0 Å². The summed E-state index contributed by atoms with van der Waals surface area (Å²) in [6.07, 6.45) is 0. The van der Waals surface area contributed by atoms with Gasteiger partial charge in [-0.3, -0.25) is 0 Å². The minimum absolute atomic E-state index is 0. The van der Waals surface area contributed by atoms with Crippen molar-refractivity contribution in [3.8, 4) is 0 Å². The van der Waals surface area contributed by atoms with Gasteiger partial charge in [-0.1, -0.05) is 24.3 Å². The van der Waals surface area contributed by atoms with E-state index < -0.39 is 10.1 Å². The average Bonchev–Trinajstić information content (AvgIpc) is 2.62. The maximum atomic E-state index is 11.0. The van der Waals surface area contributed by atoms with Crippen LogP contribution in [0.4, 0.5) is 22.7 Å². The zero-order chi connectivity index (χ0) is 17.7. The zero-order valence-corrected chi connectivity index (χ0v) is 17.0. The van der Waals surface area contributed by atoms with Crippen LogP contribution in [0.1, 0.15) is 0 Å². The van der Waals surface area contributed by atoms with Gasteiger partial charge in [-0.05, 0) is 54.6 Å². The molecule has 3 aromatic rings. The predicted molar refractivity (Wildman–Crippen MR) is 97.8 cm³/mol. The van der Waals surface area contributed by atoms with Gasteiger partial charge in [0.25, 0.3) is 0 Å². The minimum Gasteiger partial charge on any atom is -0.744 e. The Kier molecular flexibility index (Phi) is 7.07. The molecule has 0 fully saturated rings. The molecule has 0 saturated carbocycles. The SMILES string of the molecule is O=S(=O)([O-])c1cccc(NNc2ccc(Nc3ccccc3)cc2)c1.[Na+]. The van der Waals surface area contributed by atoms with Crippen molar-refractivity contribution in [3.63, 3.8) is 0 Å². The molecule has 0 saturated heterocycles. The van der Waals surface area contributed by atoms with Crippen LogP contribution in [-0.2, 0) is 10.1 Å². The fourth-order valence-electron chi connectivity index (χ4n) is 2.20. The van der Waals surface area contributed by atoms with E-state index in [1.54, 1.807) is 6.07 Å². The first-order valence-corrected chi connectivity index (χ1v) is 8.92. The van der Waals surface area contributed by atoms with Gasteiger partial charge in [0.1, 0.15) is 10.1 Å². The third-order valence-electron chi connectivity index (χ3n) is 3.42. The molecule has 0 amide bonds. The van der Waals surface area contributed by atoms with Gasteiger partial charge >= 0.3 is 29.6 Å². The van der Waals surface area contributed by atoms with Crippen LogP contribution in [-0.4, -0.2) is 13.0 Å². The van der Waals surface area contributed by atoms with E-state index in [0.29, 0.717) is 5.69 Å². The summed E-state index contributed by atoms with van der Waals surface area (Å²) in [5.74, 6) is 0. The second-order valence-electron chi connectivity index (χ2n) is 5.30. The topological polar surface area (TPSA) is 93.3 Å². The van der Waals surface area contributed by atoms with Crippen molar-refractivity contribution in [2.24, 2.45) is 0 Å². The number of rotatable bonds is 6. The number of nitrogens with one attached hydrogen (secondary N) is 3. The monoisotopic (exact) mass is 377 g/mol. The molecule has 0 aliphatic heterocycles. The van der Waals surface area contributed by atoms with Gasteiger partial charge < -0.3 is 20.7 Å². The van der Waals surface area contributed by atoms with Gasteiger partial charge in [0.2, 0.25) is 0 Å². The summed E-state index contributed by atoms with van der Waals surface area (Å²) in [5, 5.41) is 3.28. The number of benzene rings is 3. The predicted octanol–water partition coefficient (Wildman–Crippen LogP) is 0.777. The van der Waals surface area contributed by atoms with Crippen molar-refractivity contribution >= 4 is 32.9 Å². The quantitative estimate of drug-likeness (QED) is 0.334. The second-order valence-corrected chi connectivity index (χ2v) is 6.68. The first-order chi connectivity index (χ1) is 12.0. The number of hydrogen-bond donors (Lipinski definition) is 3. The molecule has 0 aliphatic rings. The Morgan fingerprint density at radius 3 is 1.85 bits per heavy atom. The number of anilines is 4. The van der Waals surface area contributed by atoms with Crippen molar-refractivity contribution in [1.29, 1.82) is 0 Å². The first-order valence-electron chi connectivity index (χ1n) is 7.51. The summed E-state index contributed by atoms with van der Waals surface area (Å²) in [6, 6.07) is 23.1. The van der Waals surface area contributed by atoms with Crippen molar-refractivity contribution in [1.82, 2.24) is 0 Å².